The predicted molar refractivity (Wildman–Crippen MR) is 73.3 cm³/mol. The van der Waals surface area contributed by atoms with Crippen LogP contribution >= 0.6 is 0 Å². The number of nitrogens with zero attached hydrogens (tertiary/aromatic N) is 1. The molecule has 2 rings (SSSR count). The van der Waals surface area contributed by atoms with Gasteiger partial charge in [0.25, 0.3) is 0 Å². The number of carboxylic acid groups (broad SMARTS) is 1. The lowest BCUT2D eigenvalue weighted by atomic mass is 10.1. The van der Waals surface area contributed by atoms with Gasteiger partial charge < -0.3 is 9.52 Å². The summed E-state index contributed by atoms with van der Waals surface area (Å²) < 4.78 is 5.45. The van der Waals surface area contributed by atoms with Crippen molar-refractivity contribution in [2.75, 3.05) is 6.54 Å². The molecule has 2 heterocycles. The molecule has 1 aromatic heterocycles. The van der Waals surface area contributed by atoms with Crippen molar-refractivity contribution in [2.45, 2.75) is 58.0 Å². The normalized spacial score (nSPS) is 22.9. The van der Waals surface area contributed by atoms with E-state index in [2.05, 4.69) is 18.7 Å². The van der Waals surface area contributed by atoms with Crippen LogP contribution in [0.15, 0.2) is 16.5 Å². The Kier molecular flexibility index (Phi) is 4.64. The zero-order valence-corrected chi connectivity index (χ0v) is 11.8. The van der Waals surface area contributed by atoms with Crippen LogP contribution in [-0.4, -0.2) is 28.6 Å². The van der Waals surface area contributed by atoms with E-state index in [4.69, 9.17) is 9.52 Å². The van der Waals surface area contributed by atoms with Gasteiger partial charge >= 0.3 is 5.97 Å². The van der Waals surface area contributed by atoms with E-state index in [-0.39, 0.29) is 11.8 Å². The molecule has 1 N–H and O–H groups in total. The fourth-order valence-corrected chi connectivity index (χ4v) is 3.00. The van der Waals surface area contributed by atoms with Crippen molar-refractivity contribution in [2.24, 2.45) is 0 Å². The van der Waals surface area contributed by atoms with E-state index >= 15 is 0 Å². The highest BCUT2D eigenvalue weighted by Gasteiger charge is 2.27. The summed E-state index contributed by atoms with van der Waals surface area (Å²) in [4.78, 5) is 13.4. The smallest absolute Gasteiger partial charge is 0.371 e. The molecular formula is C15H23NO3. The van der Waals surface area contributed by atoms with Crippen molar-refractivity contribution in [1.29, 1.82) is 0 Å². The number of furan rings is 1. The van der Waals surface area contributed by atoms with Crippen molar-refractivity contribution in [3.8, 4) is 0 Å². The van der Waals surface area contributed by atoms with Gasteiger partial charge in [0.2, 0.25) is 5.76 Å². The molecule has 2 unspecified atom stereocenters. The summed E-state index contributed by atoms with van der Waals surface area (Å²) >= 11 is 0. The standard InChI is InChI=1S/C15H23NO3/c1-3-12-7-5-4-6-10-16(12)11(2)13-8-9-14(19-13)15(17)18/h8-9,11-12H,3-7,10H2,1-2H3,(H,17,18). The third-order valence-electron chi connectivity index (χ3n) is 4.14. The number of carbonyl (C=O) groups is 1. The van der Waals surface area contributed by atoms with Gasteiger partial charge in [0.1, 0.15) is 5.76 Å². The van der Waals surface area contributed by atoms with Gasteiger partial charge in [-0.25, -0.2) is 4.79 Å². The van der Waals surface area contributed by atoms with Gasteiger partial charge in [0.15, 0.2) is 0 Å². The lowest BCUT2D eigenvalue weighted by Crippen LogP contribution is -2.36. The first-order chi connectivity index (χ1) is 9.13. The highest BCUT2D eigenvalue weighted by molar-refractivity contribution is 5.84. The van der Waals surface area contributed by atoms with Gasteiger partial charge in [-0.3, -0.25) is 4.90 Å². The second-order valence-electron chi connectivity index (χ2n) is 5.33. The highest BCUT2D eigenvalue weighted by atomic mass is 16.4. The first-order valence-electron chi connectivity index (χ1n) is 7.22. The molecule has 0 aromatic carbocycles. The van der Waals surface area contributed by atoms with Crippen molar-refractivity contribution in [3.63, 3.8) is 0 Å². The van der Waals surface area contributed by atoms with Gasteiger partial charge in [0.05, 0.1) is 6.04 Å². The molecule has 1 fully saturated rings. The number of likely N-dealkylation sites (tertiary alicyclic amines) is 1. The fourth-order valence-electron chi connectivity index (χ4n) is 3.00. The maximum Gasteiger partial charge on any atom is 0.371 e. The zero-order chi connectivity index (χ0) is 13.8. The van der Waals surface area contributed by atoms with Crippen molar-refractivity contribution in [1.82, 2.24) is 4.90 Å². The van der Waals surface area contributed by atoms with E-state index in [0.717, 1.165) is 18.7 Å². The molecule has 1 saturated heterocycles. The molecule has 4 heteroatoms. The Hall–Kier alpha value is -1.29. The van der Waals surface area contributed by atoms with E-state index in [1.165, 1.54) is 25.7 Å². The minimum absolute atomic E-state index is 0.0321. The summed E-state index contributed by atoms with van der Waals surface area (Å²) in [6.07, 6.45) is 6.16. The molecule has 19 heavy (non-hydrogen) atoms. The van der Waals surface area contributed by atoms with Gasteiger partial charge in [-0.1, -0.05) is 19.8 Å². The number of hydrogen-bond donors (Lipinski definition) is 1. The molecule has 2 atom stereocenters. The second kappa shape index (κ2) is 6.24. The SMILES string of the molecule is CCC1CCCCCN1C(C)c1ccc(C(=O)O)o1. The third-order valence-corrected chi connectivity index (χ3v) is 4.14. The average Bonchev–Trinajstić information content (AvgIpc) is 2.77. The molecule has 0 bridgehead atoms. The van der Waals surface area contributed by atoms with Crippen LogP contribution in [0.25, 0.3) is 0 Å². The molecule has 0 spiro atoms. The van der Waals surface area contributed by atoms with Crippen LogP contribution in [0.1, 0.15) is 68.3 Å². The number of aromatic carboxylic acids is 1. The summed E-state index contributed by atoms with van der Waals surface area (Å²) in [6, 6.07) is 4.07. The van der Waals surface area contributed by atoms with Crippen molar-refractivity contribution in [3.05, 3.63) is 23.7 Å². The van der Waals surface area contributed by atoms with Crippen LogP contribution in [-0.2, 0) is 0 Å². The number of hydrogen-bond acceptors (Lipinski definition) is 3. The molecule has 0 aliphatic carbocycles. The largest absolute Gasteiger partial charge is 0.475 e. The Morgan fingerprint density at radius 3 is 2.89 bits per heavy atom. The minimum atomic E-state index is -0.999. The quantitative estimate of drug-likeness (QED) is 0.902. The Balaban J connectivity index is 2.15. The predicted octanol–water partition coefficient (Wildman–Crippen LogP) is 3.69. The maximum atomic E-state index is 10.9. The van der Waals surface area contributed by atoms with Crippen LogP contribution in [0, 0.1) is 0 Å². The monoisotopic (exact) mass is 265 g/mol. The molecule has 0 amide bonds. The molecule has 1 aliphatic rings. The van der Waals surface area contributed by atoms with Crippen molar-refractivity contribution >= 4 is 5.97 Å². The second-order valence-corrected chi connectivity index (χ2v) is 5.33. The minimum Gasteiger partial charge on any atom is -0.475 e. The summed E-state index contributed by atoms with van der Waals surface area (Å²) in [5, 5.41) is 8.93. The Morgan fingerprint density at radius 1 is 1.47 bits per heavy atom. The van der Waals surface area contributed by atoms with E-state index < -0.39 is 5.97 Å². The molecule has 0 saturated carbocycles. The van der Waals surface area contributed by atoms with Crippen LogP contribution in [0.3, 0.4) is 0 Å². The summed E-state index contributed by atoms with van der Waals surface area (Å²) in [5.74, 6) is -0.205. The molecule has 106 valence electrons. The van der Waals surface area contributed by atoms with E-state index in [9.17, 15) is 4.79 Å². The lowest BCUT2D eigenvalue weighted by molar-refractivity contribution is 0.0652. The van der Waals surface area contributed by atoms with Gasteiger partial charge in [0, 0.05) is 6.04 Å². The van der Waals surface area contributed by atoms with E-state index in [1.54, 1.807) is 12.1 Å². The van der Waals surface area contributed by atoms with Crippen molar-refractivity contribution < 1.29 is 14.3 Å². The van der Waals surface area contributed by atoms with Crippen LogP contribution < -0.4 is 0 Å². The third kappa shape index (κ3) is 3.18. The fraction of sp³-hybridized carbons (Fsp3) is 0.667. The van der Waals surface area contributed by atoms with E-state index in [0.29, 0.717) is 6.04 Å². The summed E-state index contributed by atoms with van der Waals surface area (Å²) in [7, 11) is 0. The van der Waals surface area contributed by atoms with Crippen LogP contribution in [0.4, 0.5) is 0 Å². The maximum absolute atomic E-state index is 10.9. The average molecular weight is 265 g/mol. The van der Waals surface area contributed by atoms with E-state index in [1.807, 2.05) is 0 Å². The highest BCUT2D eigenvalue weighted by Crippen LogP contribution is 2.30. The molecule has 1 aromatic rings. The Labute approximate surface area is 114 Å². The van der Waals surface area contributed by atoms with Gasteiger partial charge in [-0.2, -0.15) is 0 Å². The number of carboxylic acids is 1. The zero-order valence-electron chi connectivity index (χ0n) is 11.8. The molecule has 0 radical (unpaired) electrons. The topological polar surface area (TPSA) is 53.7 Å². The van der Waals surface area contributed by atoms with Crippen LogP contribution in [0.5, 0.6) is 0 Å². The summed E-state index contributed by atoms with van der Waals surface area (Å²) in [6.45, 7) is 5.40. The van der Waals surface area contributed by atoms with Crippen LogP contribution in [0.2, 0.25) is 0 Å². The molecule has 1 aliphatic heterocycles. The Bertz CT molecular complexity index is 427. The molecular weight excluding hydrogens is 242 g/mol. The Morgan fingerprint density at radius 2 is 2.26 bits per heavy atom. The van der Waals surface area contributed by atoms with Gasteiger partial charge in [-0.05, 0) is 44.9 Å². The van der Waals surface area contributed by atoms with Gasteiger partial charge in [-0.15, -0.1) is 0 Å². The first kappa shape index (κ1) is 14.1. The first-order valence-corrected chi connectivity index (χ1v) is 7.22. The summed E-state index contributed by atoms with van der Waals surface area (Å²) in [5.41, 5.74) is 0. The number of rotatable bonds is 4. The lowest BCUT2D eigenvalue weighted by Gasteiger charge is -2.33. The molecule has 4 nitrogen and oxygen atoms in total.